The molecule has 0 N–H and O–H groups in total. The van der Waals surface area contributed by atoms with E-state index in [0.717, 1.165) is 16.9 Å². The fourth-order valence-electron chi connectivity index (χ4n) is 2.94. The topological polar surface area (TPSA) is 57.7 Å². The highest BCUT2D eigenvalue weighted by Gasteiger charge is 2.33. The number of hydrogen-bond donors (Lipinski definition) is 0. The molecule has 5 heteroatoms. The molecule has 2 aromatic carbocycles. The van der Waals surface area contributed by atoms with Crippen molar-refractivity contribution in [3.8, 4) is 0 Å². The quantitative estimate of drug-likeness (QED) is 0.807. The van der Waals surface area contributed by atoms with Crippen LogP contribution in [0.4, 0.5) is 0 Å². The van der Waals surface area contributed by atoms with Crippen molar-refractivity contribution >= 4 is 17.7 Å². The lowest BCUT2D eigenvalue weighted by atomic mass is 10.0. The van der Waals surface area contributed by atoms with E-state index in [1.807, 2.05) is 12.1 Å². The van der Waals surface area contributed by atoms with Crippen molar-refractivity contribution in [3.05, 3.63) is 70.3 Å². The van der Waals surface area contributed by atoms with Gasteiger partial charge in [-0.3, -0.25) is 19.3 Å². The highest BCUT2D eigenvalue weighted by atomic mass is 16.2. The molecule has 25 heavy (non-hydrogen) atoms. The van der Waals surface area contributed by atoms with Crippen LogP contribution in [-0.2, 0) is 13.0 Å². The summed E-state index contributed by atoms with van der Waals surface area (Å²) in [5.41, 5.74) is 3.34. The van der Waals surface area contributed by atoms with Crippen LogP contribution in [0.5, 0.6) is 0 Å². The Morgan fingerprint density at radius 3 is 2.20 bits per heavy atom. The van der Waals surface area contributed by atoms with Gasteiger partial charge in [-0.05, 0) is 35.7 Å². The summed E-state index contributed by atoms with van der Waals surface area (Å²) in [5.74, 6) is -0.881. The Morgan fingerprint density at radius 2 is 1.56 bits per heavy atom. The maximum absolute atomic E-state index is 12.7. The second-order valence-corrected chi connectivity index (χ2v) is 6.26. The van der Waals surface area contributed by atoms with Gasteiger partial charge in [0.1, 0.15) is 0 Å². The zero-order chi connectivity index (χ0) is 18.1. The summed E-state index contributed by atoms with van der Waals surface area (Å²) in [4.78, 5) is 39.3. The van der Waals surface area contributed by atoms with Crippen molar-refractivity contribution < 1.29 is 14.4 Å². The first kappa shape index (κ1) is 16.9. The van der Waals surface area contributed by atoms with Gasteiger partial charge in [-0.15, -0.1) is 0 Å². The average molecular weight is 336 g/mol. The smallest absolute Gasteiger partial charge is 0.261 e. The molecule has 128 valence electrons. The third-order valence-electron chi connectivity index (χ3n) is 4.53. The van der Waals surface area contributed by atoms with Crippen LogP contribution in [0.2, 0.25) is 0 Å². The number of aryl methyl sites for hydroxylation is 1. The molecular formula is C20H20N2O3. The number of nitrogens with zero attached hydrogens (tertiary/aromatic N) is 2. The van der Waals surface area contributed by atoms with Crippen LogP contribution < -0.4 is 0 Å². The molecule has 0 saturated carbocycles. The van der Waals surface area contributed by atoms with E-state index < -0.39 is 0 Å². The van der Waals surface area contributed by atoms with Crippen LogP contribution in [0, 0.1) is 0 Å². The van der Waals surface area contributed by atoms with Gasteiger partial charge in [0.25, 0.3) is 17.7 Å². The molecule has 0 aromatic heterocycles. The minimum atomic E-state index is -0.368. The van der Waals surface area contributed by atoms with Gasteiger partial charge in [0.2, 0.25) is 0 Å². The average Bonchev–Trinajstić information content (AvgIpc) is 2.85. The molecule has 5 nitrogen and oxygen atoms in total. The van der Waals surface area contributed by atoms with E-state index in [0.29, 0.717) is 23.2 Å². The Morgan fingerprint density at radius 1 is 0.960 bits per heavy atom. The van der Waals surface area contributed by atoms with E-state index in [1.54, 1.807) is 24.1 Å². The standard InChI is InChI=1S/C20H20N2O3/c1-4-13-5-7-14(8-6-13)12-21(2)18(23)15-9-10-16-17(11-15)20(25)22(3)19(16)24/h5-11H,4,12H2,1-3H3. The highest BCUT2D eigenvalue weighted by molar-refractivity contribution is 6.21. The maximum Gasteiger partial charge on any atom is 0.261 e. The summed E-state index contributed by atoms with van der Waals surface area (Å²) in [6, 6.07) is 12.8. The third kappa shape index (κ3) is 3.05. The van der Waals surface area contributed by atoms with Crippen LogP contribution in [0.3, 0.4) is 0 Å². The Kier molecular flexibility index (Phi) is 4.40. The van der Waals surface area contributed by atoms with E-state index in [9.17, 15) is 14.4 Å². The lowest BCUT2D eigenvalue weighted by molar-refractivity contribution is 0.0692. The molecule has 3 amide bonds. The second kappa shape index (κ2) is 6.51. The number of rotatable bonds is 4. The van der Waals surface area contributed by atoms with E-state index in [1.165, 1.54) is 18.7 Å². The number of imide groups is 1. The summed E-state index contributed by atoms with van der Waals surface area (Å²) in [6.45, 7) is 2.58. The van der Waals surface area contributed by atoms with Crippen LogP contribution in [0.25, 0.3) is 0 Å². The molecule has 0 saturated heterocycles. The Labute approximate surface area is 146 Å². The van der Waals surface area contributed by atoms with Crippen molar-refractivity contribution in [2.75, 3.05) is 14.1 Å². The number of amides is 3. The molecule has 3 rings (SSSR count). The van der Waals surface area contributed by atoms with Gasteiger partial charge < -0.3 is 4.90 Å². The maximum atomic E-state index is 12.7. The van der Waals surface area contributed by atoms with Crippen LogP contribution >= 0.6 is 0 Å². The van der Waals surface area contributed by atoms with Crippen molar-refractivity contribution in [1.29, 1.82) is 0 Å². The predicted molar refractivity (Wildman–Crippen MR) is 94.5 cm³/mol. The van der Waals surface area contributed by atoms with E-state index in [-0.39, 0.29) is 17.7 Å². The predicted octanol–water partition coefficient (Wildman–Crippen LogP) is 2.75. The van der Waals surface area contributed by atoms with Crippen molar-refractivity contribution in [2.45, 2.75) is 19.9 Å². The minimum Gasteiger partial charge on any atom is -0.337 e. The van der Waals surface area contributed by atoms with Gasteiger partial charge >= 0.3 is 0 Å². The molecule has 1 aliphatic heterocycles. The number of carbonyl (C=O) groups is 3. The molecule has 0 bridgehead atoms. The fraction of sp³-hybridized carbons (Fsp3) is 0.250. The molecule has 0 atom stereocenters. The number of hydrogen-bond acceptors (Lipinski definition) is 3. The summed E-state index contributed by atoms with van der Waals surface area (Å²) in [5, 5.41) is 0. The Hall–Kier alpha value is -2.95. The van der Waals surface area contributed by atoms with Crippen molar-refractivity contribution in [1.82, 2.24) is 9.80 Å². The van der Waals surface area contributed by atoms with E-state index in [4.69, 9.17) is 0 Å². The van der Waals surface area contributed by atoms with Crippen LogP contribution in [-0.4, -0.2) is 41.6 Å². The van der Waals surface area contributed by atoms with Gasteiger partial charge in [-0.25, -0.2) is 0 Å². The third-order valence-corrected chi connectivity index (χ3v) is 4.53. The molecule has 2 aromatic rings. The molecule has 0 fully saturated rings. The highest BCUT2D eigenvalue weighted by Crippen LogP contribution is 2.23. The van der Waals surface area contributed by atoms with Gasteiger partial charge in [-0.2, -0.15) is 0 Å². The zero-order valence-electron chi connectivity index (χ0n) is 14.6. The second-order valence-electron chi connectivity index (χ2n) is 6.26. The Balaban J connectivity index is 1.79. The van der Waals surface area contributed by atoms with Gasteiger partial charge in [0.15, 0.2) is 0 Å². The lowest BCUT2D eigenvalue weighted by Gasteiger charge is -2.18. The van der Waals surface area contributed by atoms with Gasteiger partial charge in [0, 0.05) is 26.2 Å². The number of carbonyl (C=O) groups excluding carboxylic acids is 3. The number of fused-ring (bicyclic) bond motifs is 1. The monoisotopic (exact) mass is 336 g/mol. The van der Waals surface area contributed by atoms with E-state index in [2.05, 4.69) is 19.1 Å². The Bertz CT molecular complexity index is 856. The first-order chi connectivity index (χ1) is 11.9. The molecular weight excluding hydrogens is 316 g/mol. The molecule has 1 aliphatic rings. The summed E-state index contributed by atoms with van der Waals surface area (Å²) >= 11 is 0. The summed E-state index contributed by atoms with van der Waals surface area (Å²) in [6.07, 6.45) is 0.978. The molecule has 0 radical (unpaired) electrons. The summed E-state index contributed by atoms with van der Waals surface area (Å²) in [7, 11) is 3.17. The lowest BCUT2D eigenvalue weighted by Crippen LogP contribution is -2.26. The largest absolute Gasteiger partial charge is 0.337 e. The van der Waals surface area contributed by atoms with Gasteiger partial charge in [-0.1, -0.05) is 31.2 Å². The molecule has 0 unspecified atom stereocenters. The van der Waals surface area contributed by atoms with Crippen LogP contribution in [0.1, 0.15) is 49.1 Å². The van der Waals surface area contributed by atoms with Crippen molar-refractivity contribution in [2.24, 2.45) is 0 Å². The minimum absolute atomic E-state index is 0.183. The van der Waals surface area contributed by atoms with Crippen molar-refractivity contribution in [3.63, 3.8) is 0 Å². The SMILES string of the molecule is CCc1ccc(CN(C)C(=O)c2ccc3c(c2)C(=O)N(C)C3=O)cc1. The van der Waals surface area contributed by atoms with E-state index >= 15 is 0 Å². The number of benzene rings is 2. The molecule has 0 spiro atoms. The van der Waals surface area contributed by atoms with Gasteiger partial charge in [0.05, 0.1) is 11.1 Å². The summed E-state index contributed by atoms with van der Waals surface area (Å²) < 4.78 is 0. The zero-order valence-corrected chi connectivity index (χ0v) is 14.6. The normalized spacial score (nSPS) is 13.2. The van der Waals surface area contributed by atoms with Crippen LogP contribution in [0.15, 0.2) is 42.5 Å². The first-order valence-corrected chi connectivity index (χ1v) is 8.22. The first-order valence-electron chi connectivity index (χ1n) is 8.22. The fourth-order valence-corrected chi connectivity index (χ4v) is 2.94. The molecule has 1 heterocycles. The molecule has 0 aliphatic carbocycles.